The predicted octanol–water partition coefficient (Wildman–Crippen LogP) is 3.35. The summed E-state index contributed by atoms with van der Waals surface area (Å²) in [6.07, 6.45) is -4.40. The Balaban J connectivity index is 2.01. The fourth-order valence-corrected chi connectivity index (χ4v) is 1.55. The van der Waals surface area contributed by atoms with Gasteiger partial charge in [-0.3, -0.25) is 5.10 Å². The maximum Gasteiger partial charge on any atom is 0.435 e. The van der Waals surface area contributed by atoms with Gasteiger partial charge in [0.2, 0.25) is 0 Å². The SMILES string of the molecule is Cc1cccc(NCc2cc(C(F)(F)F)n[nH]2)c1. The molecule has 1 aromatic carbocycles. The summed E-state index contributed by atoms with van der Waals surface area (Å²) in [6.45, 7) is 2.22. The summed E-state index contributed by atoms with van der Waals surface area (Å²) < 4.78 is 36.9. The van der Waals surface area contributed by atoms with E-state index >= 15 is 0 Å². The third-order valence-corrected chi connectivity index (χ3v) is 2.42. The monoisotopic (exact) mass is 255 g/mol. The van der Waals surface area contributed by atoms with Crippen LogP contribution in [0.3, 0.4) is 0 Å². The molecule has 1 heterocycles. The lowest BCUT2D eigenvalue weighted by Crippen LogP contribution is -2.04. The van der Waals surface area contributed by atoms with Crippen molar-refractivity contribution in [3.63, 3.8) is 0 Å². The van der Waals surface area contributed by atoms with E-state index in [-0.39, 0.29) is 6.54 Å². The minimum atomic E-state index is -4.40. The number of H-pyrrole nitrogens is 1. The number of nitrogens with zero attached hydrogens (tertiary/aromatic N) is 1. The summed E-state index contributed by atoms with van der Waals surface area (Å²) in [5.74, 6) is 0. The van der Waals surface area contributed by atoms with Gasteiger partial charge < -0.3 is 5.32 Å². The van der Waals surface area contributed by atoms with E-state index in [2.05, 4.69) is 15.5 Å². The number of rotatable bonds is 3. The van der Waals surface area contributed by atoms with Gasteiger partial charge in [-0.05, 0) is 30.7 Å². The number of benzene rings is 1. The first kappa shape index (κ1) is 12.5. The van der Waals surface area contributed by atoms with E-state index in [1.54, 1.807) is 0 Å². The van der Waals surface area contributed by atoms with E-state index in [4.69, 9.17) is 0 Å². The number of aromatic amines is 1. The molecule has 2 aromatic rings. The Kier molecular flexibility index (Phi) is 3.27. The van der Waals surface area contributed by atoms with Crippen molar-refractivity contribution in [2.75, 3.05) is 5.32 Å². The van der Waals surface area contributed by atoms with E-state index in [0.717, 1.165) is 17.3 Å². The van der Waals surface area contributed by atoms with Gasteiger partial charge in [0.25, 0.3) is 0 Å². The zero-order valence-electron chi connectivity index (χ0n) is 9.67. The van der Waals surface area contributed by atoms with Crippen LogP contribution in [0, 0.1) is 6.92 Å². The first-order valence-electron chi connectivity index (χ1n) is 5.37. The van der Waals surface area contributed by atoms with Gasteiger partial charge in [0.15, 0.2) is 5.69 Å². The zero-order valence-corrected chi connectivity index (χ0v) is 9.67. The van der Waals surface area contributed by atoms with Gasteiger partial charge in [-0.1, -0.05) is 12.1 Å². The average molecular weight is 255 g/mol. The first-order chi connectivity index (χ1) is 8.45. The highest BCUT2D eigenvalue weighted by Gasteiger charge is 2.33. The van der Waals surface area contributed by atoms with E-state index in [9.17, 15) is 13.2 Å². The van der Waals surface area contributed by atoms with Crippen LogP contribution in [0.5, 0.6) is 0 Å². The van der Waals surface area contributed by atoms with Crippen LogP contribution in [0.25, 0.3) is 0 Å². The summed E-state index contributed by atoms with van der Waals surface area (Å²) in [4.78, 5) is 0. The molecule has 0 radical (unpaired) electrons. The number of halogens is 3. The van der Waals surface area contributed by atoms with Gasteiger partial charge >= 0.3 is 6.18 Å². The van der Waals surface area contributed by atoms with Gasteiger partial charge in [-0.25, -0.2) is 0 Å². The number of hydrogen-bond acceptors (Lipinski definition) is 2. The third kappa shape index (κ3) is 3.03. The van der Waals surface area contributed by atoms with E-state index < -0.39 is 11.9 Å². The number of nitrogens with one attached hydrogen (secondary N) is 2. The summed E-state index contributed by atoms with van der Waals surface area (Å²) in [5, 5.41) is 8.62. The molecular formula is C12H12F3N3. The van der Waals surface area contributed by atoms with Crippen LogP contribution in [-0.2, 0) is 12.7 Å². The largest absolute Gasteiger partial charge is 0.435 e. The molecule has 2 N–H and O–H groups in total. The molecule has 0 saturated heterocycles. The minimum absolute atomic E-state index is 0.270. The molecule has 6 heteroatoms. The summed E-state index contributed by atoms with van der Waals surface area (Å²) >= 11 is 0. The topological polar surface area (TPSA) is 40.7 Å². The van der Waals surface area contributed by atoms with Gasteiger partial charge in [-0.15, -0.1) is 0 Å². The number of hydrogen-bond donors (Lipinski definition) is 2. The van der Waals surface area contributed by atoms with Crippen molar-refractivity contribution in [1.82, 2.24) is 10.2 Å². The normalized spacial score (nSPS) is 11.6. The van der Waals surface area contributed by atoms with Gasteiger partial charge in [0.05, 0.1) is 12.2 Å². The van der Waals surface area contributed by atoms with Crippen LogP contribution in [-0.4, -0.2) is 10.2 Å². The lowest BCUT2D eigenvalue weighted by Gasteiger charge is -2.05. The molecule has 3 nitrogen and oxygen atoms in total. The predicted molar refractivity (Wildman–Crippen MR) is 62.1 cm³/mol. The van der Waals surface area contributed by atoms with E-state index in [0.29, 0.717) is 5.69 Å². The average Bonchev–Trinajstić information content (AvgIpc) is 2.74. The second kappa shape index (κ2) is 4.72. The lowest BCUT2D eigenvalue weighted by atomic mass is 10.2. The van der Waals surface area contributed by atoms with Gasteiger partial charge in [-0.2, -0.15) is 18.3 Å². The zero-order chi connectivity index (χ0) is 13.2. The molecule has 0 bridgehead atoms. The maximum absolute atomic E-state index is 12.3. The molecular weight excluding hydrogens is 243 g/mol. The molecule has 2 rings (SSSR count). The quantitative estimate of drug-likeness (QED) is 0.883. The van der Waals surface area contributed by atoms with Crippen LogP contribution < -0.4 is 5.32 Å². The molecule has 0 saturated carbocycles. The highest BCUT2D eigenvalue weighted by Crippen LogP contribution is 2.27. The first-order valence-corrected chi connectivity index (χ1v) is 5.37. The van der Waals surface area contributed by atoms with E-state index in [1.165, 1.54) is 0 Å². The number of aromatic nitrogens is 2. The van der Waals surface area contributed by atoms with Crippen molar-refractivity contribution in [2.45, 2.75) is 19.6 Å². The smallest absolute Gasteiger partial charge is 0.379 e. The molecule has 0 aliphatic heterocycles. The van der Waals surface area contributed by atoms with Crippen LogP contribution in [0.4, 0.5) is 18.9 Å². The number of alkyl halides is 3. The molecule has 0 unspecified atom stereocenters. The van der Waals surface area contributed by atoms with Gasteiger partial charge in [0, 0.05) is 5.69 Å². The second-order valence-corrected chi connectivity index (χ2v) is 4.00. The molecule has 18 heavy (non-hydrogen) atoms. The summed E-state index contributed by atoms with van der Waals surface area (Å²) in [6, 6.07) is 8.60. The summed E-state index contributed by atoms with van der Waals surface area (Å²) in [5.41, 5.74) is 1.44. The highest BCUT2D eigenvalue weighted by molar-refractivity contribution is 5.45. The Hall–Kier alpha value is -1.98. The fraction of sp³-hybridized carbons (Fsp3) is 0.250. The Bertz CT molecular complexity index is 531. The van der Waals surface area contributed by atoms with Crippen LogP contribution in [0.15, 0.2) is 30.3 Å². The number of aryl methyl sites for hydroxylation is 1. The molecule has 0 spiro atoms. The second-order valence-electron chi connectivity index (χ2n) is 4.00. The Labute approximate surface area is 102 Å². The maximum atomic E-state index is 12.3. The van der Waals surface area contributed by atoms with Crippen molar-refractivity contribution in [2.24, 2.45) is 0 Å². The van der Waals surface area contributed by atoms with Crippen LogP contribution in [0.1, 0.15) is 17.0 Å². The molecule has 96 valence electrons. The Morgan fingerprint density at radius 2 is 2.06 bits per heavy atom. The van der Waals surface area contributed by atoms with Crippen molar-refractivity contribution < 1.29 is 13.2 Å². The molecule has 0 aliphatic carbocycles. The minimum Gasteiger partial charge on any atom is -0.379 e. The fourth-order valence-electron chi connectivity index (χ4n) is 1.55. The molecule has 0 atom stereocenters. The Morgan fingerprint density at radius 1 is 1.28 bits per heavy atom. The van der Waals surface area contributed by atoms with Crippen LogP contribution >= 0.6 is 0 Å². The van der Waals surface area contributed by atoms with Crippen LogP contribution in [0.2, 0.25) is 0 Å². The van der Waals surface area contributed by atoms with Gasteiger partial charge in [0.1, 0.15) is 0 Å². The lowest BCUT2D eigenvalue weighted by molar-refractivity contribution is -0.141. The highest BCUT2D eigenvalue weighted by atomic mass is 19.4. The molecule has 0 fully saturated rings. The standard InChI is InChI=1S/C12H12F3N3/c1-8-3-2-4-9(5-8)16-7-10-6-11(18-17-10)12(13,14)15/h2-6,16H,7H2,1H3,(H,17,18). The van der Waals surface area contributed by atoms with Crippen molar-refractivity contribution in [1.29, 1.82) is 0 Å². The number of anilines is 1. The van der Waals surface area contributed by atoms with E-state index in [1.807, 2.05) is 31.2 Å². The molecule has 1 aromatic heterocycles. The van der Waals surface area contributed by atoms with Crippen molar-refractivity contribution >= 4 is 5.69 Å². The summed E-state index contributed by atoms with van der Waals surface area (Å²) in [7, 11) is 0. The third-order valence-electron chi connectivity index (χ3n) is 2.42. The van der Waals surface area contributed by atoms with Crippen molar-refractivity contribution in [3.8, 4) is 0 Å². The molecule has 0 amide bonds. The Morgan fingerprint density at radius 3 is 2.67 bits per heavy atom. The van der Waals surface area contributed by atoms with Crippen molar-refractivity contribution in [3.05, 3.63) is 47.3 Å². The molecule has 0 aliphatic rings.